The first-order chi connectivity index (χ1) is 12.9. The molecule has 1 aliphatic heterocycles. The van der Waals surface area contributed by atoms with Gasteiger partial charge in [-0.3, -0.25) is 9.63 Å². The number of nitrogens with zero attached hydrogens (tertiary/aromatic N) is 2. The van der Waals surface area contributed by atoms with Crippen molar-refractivity contribution in [3.05, 3.63) is 60.2 Å². The molecule has 0 saturated carbocycles. The maximum absolute atomic E-state index is 12.4. The molecule has 2 aromatic rings. The quantitative estimate of drug-likeness (QED) is 0.762. The fourth-order valence-electron chi connectivity index (χ4n) is 2.50. The van der Waals surface area contributed by atoms with Crippen molar-refractivity contribution in [1.82, 2.24) is 4.47 Å². The van der Waals surface area contributed by atoms with Gasteiger partial charge in [0.1, 0.15) is 0 Å². The van der Waals surface area contributed by atoms with Crippen LogP contribution in [-0.2, 0) is 24.5 Å². The number of oxime groups is 1. The number of hydroxylamine groups is 1. The molecule has 1 unspecified atom stereocenters. The maximum Gasteiger partial charge on any atom is 0.268 e. The number of hydrogen-bond donors (Lipinski definition) is 1. The lowest BCUT2D eigenvalue weighted by atomic mass is 10.0. The number of amides is 1. The highest BCUT2D eigenvalue weighted by molar-refractivity contribution is 7.89. The van der Waals surface area contributed by atoms with E-state index < -0.39 is 16.1 Å². The van der Waals surface area contributed by atoms with Crippen LogP contribution in [0.15, 0.2) is 64.6 Å². The minimum Gasteiger partial charge on any atom is -0.382 e. The smallest absolute Gasteiger partial charge is 0.268 e. The van der Waals surface area contributed by atoms with Gasteiger partial charge in [0.25, 0.3) is 15.9 Å². The molecule has 1 atom stereocenters. The molecule has 0 bridgehead atoms. The van der Waals surface area contributed by atoms with Gasteiger partial charge in [0.15, 0.2) is 0 Å². The van der Waals surface area contributed by atoms with Crippen LogP contribution in [0.5, 0.6) is 0 Å². The fourth-order valence-corrected chi connectivity index (χ4v) is 3.47. The van der Waals surface area contributed by atoms with Gasteiger partial charge < -0.3 is 10.2 Å². The molecule has 1 amide bonds. The van der Waals surface area contributed by atoms with E-state index in [1.54, 1.807) is 0 Å². The predicted molar refractivity (Wildman–Crippen MR) is 99.5 cm³/mol. The van der Waals surface area contributed by atoms with Crippen molar-refractivity contribution in [1.29, 1.82) is 0 Å². The van der Waals surface area contributed by atoms with Gasteiger partial charge in [-0.2, -0.15) is 0 Å². The van der Waals surface area contributed by atoms with Crippen molar-refractivity contribution < 1.29 is 22.9 Å². The van der Waals surface area contributed by atoms with E-state index >= 15 is 0 Å². The van der Waals surface area contributed by atoms with Crippen LogP contribution in [0.1, 0.15) is 12.0 Å². The van der Waals surface area contributed by atoms with Gasteiger partial charge in [0, 0.05) is 19.2 Å². The summed E-state index contributed by atoms with van der Waals surface area (Å²) in [7, 11) is -1.17. The van der Waals surface area contributed by atoms with Crippen molar-refractivity contribution in [3.63, 3.8) is 0 Å². The van der Waals surface area contributed by atoms with Crippen LogP contribution in [0, 0.1) is 0 Å². The summed E-state index contributed by atoms with van der Waals surface area (Å²) in [6.45, 7) is 0. The Bertz CT molecular complexity index is 943. The number of benzene rings is 2. The number of sulfonamides is 1. The third kappa shape index (κ3) is 4.16. The predicted octanol–water partition coefficient (Wildman–Crippen LogP) is 2.00. The fraction of sp³-hybridized carbons (Fsp3) is 0.222. The standard InChI is InChI=1S/C18H19N3O5S/c1-21(25-2)27(23,24)15-10-8-14(9-11-15)19-18(22)17-12-16(20-26-17)13-6-4-3-5-7-13/h3-11,17H,12H2,1-2H3,(H,19,22). The molecule has 8 nitrogen and oxygen atoms in total. The number of anilines is 1. The number of hydrogen-bond acceptors (Lipinski definition) is 6. The zero-order valence-corrected chi connectivity index (χ0v) is 15.6. The Labute approximate surface area is 157 Å². The first-order valence-electron chi connectivity index (χ1n) is 8.14. The Morgan fingerprint density at radius 1 is 1.19 bits per heavy atom. The average molecular weight is 389 g/mol. The maximum atomic E-state index is 12.4. The molecule has 27 heavy (non-hydrogen) atoms. The Hall–Kier alpha value is -2.75. The van der Waals surface area contributed by atoms with E-state index in [0.717, 1.165) is 10.0 Å². The molecular weight excluding hydrogens is 370 g/mol. The molecule has 9 heteroatoms. The molecule has 0 spiro atoms. The molecule has 0 radical (unpaired) electrons. The van der Waals surface area contributed by atoms with Gasteiger partial charge >= 0.3 is 0 Å². The minimum absolute atomic E-state index is 0.0525. The van der Waals surface area contributed by atoms with Crippen molar-refractivity contribution in [2.45, 2.75) is 17.4 Å². The first-order valence-corrected chi connectivity index (χ1v) is 9.58. The highest BCUT2D eigenvalue weighted by atomic mass is 32.2. The zero-order valence-electron chi connectivity index (χ0n) is 14.8. The first kappa shape index (κ1) is 19.0. The van der Waals surface area contributed by atoms with Crippen molar-refractivity contribution in [2.75, 3.05) is 19.5 Å². The van der Waals surface area contributed by atoms with Crippen molar-refractivity contribution in [2.24, 2.45) is 5.16 Å². The lowest BCUT2D eigenvalue weighted by molar-refractivity contribution is -0.125. The van der Waals surface area contributed by atoms with E-state index in [4.69, 9.17) is 9.68 Å². The molecule has 142 valence electrons. The number of rotatable bonds is 6. The van der Waals surface area contributed by atoms with E-state index in [2.05, 4.69) is 10.5 Å². The molecule has 1 aliphatic rings. The number of carbonyl (C=O) groups excluding carboxylic acids is 1. The second kappa shape index (κ2) is 7.87. The largest absolute Gasteiger partial charge is 0.382 e. The summed E-state index contributed by atoms with van der Waals surface area (Å²) in [5.74, 6) is -0.353. The third-order valence-electron chi connectivity index (χ3n) is 4.08. The van der Waals surface area contributed by atoms with Crippen molar-refractivity contribution >= 4 is 27.3 Å². The van der Waals surface area contributed by atoms with E-state index in [9.17, 15) is 13.2 Å². The van der Waals surface area contributed by atoms with Gasteiger partial charge in [0.05, 0.1) is 17.7 Å². The van der Waals surface area contributed by atoms with Crippen LogP contribution < -0.4 is 5.32 Å². The number of nitrogens with one attached hydrogen (secondary N) is 1. The van der Waals surface area contributed by atoms with Gasteiger partial charge in [0.2, 0.25) is 6.10 Å². The van der Waals surface area contributed by atoms with Gasteiger partial charge in [-0.1, -0.05) is 40.0 Å². The van der Waals surface area contributed by atoms with E-state index in [1.165, 1.54) is 38.4 Å². The summed E-state index contributed by atoms with van der Waals surface area (Å²) in [6, 6.07) is 15.3. The summed E-state index contributed by atoms with van der Waals surface area (Å²) in [5, 5.41) is 6.68. The monoisotopic (exact) mass is 389 g/mol. The lowest BCUT2D eigenvalue weighted by Gasteiger charge is -2.14. The Morgan fingerprint density at radius 3 is 2.48 bits per heavy atom. The molecule has 0 aliphatic carbocycles. The molecule has 1 N–H and O–H groups in total. The van der Waals surface area contributed by atoms with Crippen molar-refractivity contribution in [3.8, 4) is 0 Å². The summed E-state index contributed by atoms with van der Waals surface area (Å²) >= 11 is 0. The van der Waals surface area contributed by atoms with Gasteiger partial charge in [-0.15, -0.1) is 0 Å². The summed E-state index contributed by atoms with van der Waals surface area (Å²) in [6.07, 6.45) is -0.371. The van der Waals surface area contributed by atoms with E-state index in [0.29, 0.717) is 17.8 Å². The van der Waals surface area contributed by atoms with Crippen LogP contribution in [0.3, 0.4) is 0 Å². The van der Waals surface area contributed by atoms with Crippen LogP contribution in [0.25, 0.3) is 0 Å². The van der Waals surface area contributed by atoms with E-state index in [1.807, 2.05) is 30.3 Å². The molecular formula is C18H19N3O5S. The second-order valence-corrected chi connectivity index (χ2v) is 7.75. The Balaban J connectivity index is 1.62. The van der Waals surface area contributed by atoms with Gasteiger partial charge in [-0.05, 0) is 29.8 Å². The topological polar surface area (TPSA) is 97.3 Å². The summed E-state index contributed by atoms with van der Waals surface area (Å²) in [4.78, 5) is 22.4. The normalized spacial score (nSPS) is 16.7. The Kier molecular flexibility index (Phi) is 5.54. The number of carbonyl (C=O) groups is 1. The third-order valence-corrected chi connectivity index (χ3v) is 5.78. The van der Waals surface area contributed by atoms with E-state index in [-0.39, 0.29) is 10.8 Å². The SMILES string of the molecule is CON(C)S(=O)(=O)c1ccc(NC(=O)C2CC(c3ccccc3)=NO2)cc1. The summed E-state index contributed by atoms with van der Waals surface area (Å²) in [5.41, 5.74) is 2.07. The van der Waals surface area contributed by atoms with Crippen LogP contribution in [-0.4, -0.2) is 44.8 Å². The molecule has 3 rings (SSSR count). The minimum atomic E-state index is -3.73. The molecule has 1 heterocycles. The summed E-state index contributed by atoms with van der Waals surface area (Å²) < 4.78 is 25.1. The highest BCUT2D eigenvalue weighted by Gasteiger charge is 2.29. The molecule has 0 saturated heterocycles. The molecule has 0 aromatic heterocycles. The lowest BCUT2D eigenvalue weighted by Crippen LogP contribution is -2.28. The molecule has 0 fully saturated rings. The molecule has 2 aromatic carbocycles. The second-order valence-electron chi connectivity index (χ2n) is 5.81. The highest BCUT2D eigenvalue weighted by Crippen LogP contribution is 2.20. The van der Waals surface area contributed by atoms with Gasteiger partial charge in [-0.25, -0.2) is 8.42 Å². The van der Waals surface area contributed by atoms with Crippen LogP contribution in [0.4, 0.5) is 5.69 Å². The zero-order chi connectivity index (χ0) is 19.4. The van der Waals surface area contributed by atoms with Crippen LogP contribution in [0.2, 0.25) is 0 Å². The van der Waals surface area contributed by atoms with Crippen LogP contribution >= 0.6 is 0 Å². The average Bonchev–Trinajstić information content (AvgIpc) is 3.19. The Morgan fingerprint density at radius 2 is 1.85 bits per heavy atom.